The first kappa shape index (κ1) is 9.72. The zero-order valence-corrected chi connectivity index (χ0v) is 7.86. The number of ketones is 1. The van der Waals surface area contributed by atoms with E-state index in [1.54, 1.807) is 6.08 Å². The fourth-order valence-electron chi connectivity index (χ4n) is 1.08. The number of rotatable bonds is 4. The minimum Gasteiger partial charge on any atom is -0.295 e. The van der Waals surface area contributed by atoms with Gasteiger partial charge in [0.15, 0.2) is 5.78 Å². The first-order valence-electron chi connectivity index (χ1n) is 4.59. The molecule has 0 heterocycles. The molecule has 0 saturated carbocycles. The lowest BCUT2D eigenvalue weighted by molar-refractivity contribution is -0.114. The van der Waals surface area contributed by atoms with Crippen LogP contribution in [0.2, 0.25) is 0 Å². The summed E-state index contributed by atoms with van der Waals surface area (Å²) in [6, 6.07) is 9.85. The van der Waals surface area contributed by atoms with Crippen LogP contribution in [0.3, 0.4) is 0 Å². The summed E-state index contributed by atoms with van der Waals surface area (Å²) in [7, 11) is 0. The zero-order chi connectivity index (χ0) is 9.52. The molecule has 1 rings (SSSR count). The van der Waals surface area contributed by atoms with Crippen LogP contribution in [0.5, 0.6) is 0 Å². The molecule has 0 amide bonds. The number of carbonyl (C=O) groups is 1. The molecular weight excluding hydrogens is 160 g/mol. The number of carbonyl (C=O) groups excluding carboxylic acids is 1. The highest BCUT2D eigenvalue weighted by molar-refractivity contribution is 5.93. The van der Waals surface area contributed by atoms with Crippen LogP contribution in [0.1, 0.15) is 25.3 Å². The Hall–Kier alpha value is -1.37. The highest BCUT2D eigenvalue weighted by atomic mass is 16.1. The first-order valence-corrected chi connectivity index (χ1v) is 4.59. The molecule has 0 aliphatic rings. The van der Waals surface area contributed by atoms with Crippen LogP contribution in [0.25, 0.3) is 6.08 Å². The van der Waals surface area contributed by atoms with Crippen molar-refractivity contribution >= 4 is 11.9 Å². The van der Waals surface area contributed by atoms with Gasteiger partial charge in [-0.1, -0.05) is 43.3 Å². The fraction of sp³-hybridized carbons (Fsp3) is 0.250. The molecule has 0 atom stereocenters. The summed E-state index contributed by atoms with van der Waals surface area (Å²) < 4.78 is 0. The Kier molecular flexibility index (Phi) is 3.97. The number of hydrogen-bond donors (Lipinski definition) is 0. The van der Waals surface area contributed by atoms with Gasteiger partial charge in [0.1, 0.15) is 0 Å². The van der Waals surface area contributed by atoms with Crippen LogP contribution < -0.4 is 0 Å². The summed E-state index contributed by atoms with van der Waals surface area (Å²) in [5.41, 5.74) is 1.08. The van der Waals surface area contributed by atoms with Gasteiger partial charge in [-0.15, -0.1) is 0 Å². The maximum absolute atomic E-state index is 11.1. The summed E-state index contributed by atoms with van der Waals surface area (Å²) in [6.07, 6.45) is 5.07. The average Bonchev–Trinajstić information content (AvgIpc) is 2.17. The van der Waals surface area contributed by atoms with Gasteiger partial charge < -0.3 is 0 Å². The third-order valence-electron chi connectivity index (χ3n) is 1.76. The van der Waals surface area contributed by atoms with Crippen LogP contribution in [0.4, 0.5) is 0 Å². The molecule has 1 aromatic carbocycles. The van der Waals surface area contributed by atoms with Crippen molar-refractivity contribution in [1.82, 2.24) is 0 Å². The largest absolute Gasteiger partial charge is 0.295 e. The van der Waals surface area contributed by atoms with Gasteiger partial charge in [0.2, 0.25) is 0 Å². The van der Waals surface area contributed by atoms with Crippen molar-refractivity contribution in [3.05, 3.63) is 42.0 Å². The molecule has 0 bridgehead atoms. The second-order valence-electron chi connectivity index (χ2n) is 2.96. The molecule has 0 N–H and O–H groups in total. The summed E-state index contributed by atoms with van der Waals surface area (Å²) in [5, 5.41) is 0. The van der Waals surface area contributed by atoms with Crippen molar-refractivity contribution < 1.29 is 4.79 Å². The topological polar surface area (TPSA) is 17.1 Å². The predicted molar refractivity (Wildman–Crippen MR) is 55.4 cm³/mol. The van der Waals surface area contributed by atoms with Crippen molar-refractivity contribution in [2.24, 2.45) is 0 Å². The Balaban J connectivity index is 2.54. The van der Waals surface area contributed by atoms with Crippen LogP contribution >= 0.6 is 0 Å². The molecule has 0 spiro atoms. The smallest absolute Gasteiger partial charge is 0.155 e. The maximum atomic E-state index is 11.1. The molecule has 1 nitrogen and oxygen atoms in total. The standard InChI is InChI=1S/C12H14O/c1-2-6-12(13)10-9-11-7-4-3-5-8-11/h3-5,7-10H,2,6H2,1H3/b10-9-. The Labute approximate surface area is 79.1 Å². The van der Waals surface area contributed by atoms with Crippen molar-refractivity contribution in [2.75, 3.05) is 0 Å². The van der Waals surface area contributed by atoms with Gasteiger partial charge in [-0.2, -0.15) is 0 Å². The van der Waals surface area contributed by atoms with E-state index in [1.165, 1.54) is 0 Å². The van der Waals surface area contributed by atoms with E-state index < -0.39 is 0 Å². The van der Waals surface area contributed by atoms with Gasteiger partial charge in [0.25, 0.3) is 0 Å². The zero-order valence-electron chi connectivity index (χ0n) is 7.86. The molecule has 0 aromatic heterocycles. The van der Waals surface area contributed by atoms with Gasteiger partial charge in [-0.05, 0) is 18.1 Å². The molecule has 13 heavy (non-hydrogen) atoms. The van der Waals surface area contributed by atoms with E-state index in [1.807, 2.05) is 43.3 Å². The second kappa shape index (κ2) is 5.31. The van der Waals surface area contributed by atoms with Gasteiger partial charge in [0.05, 0.1) is 0 Å². The molecule has 0 fully saturated rings. The monoisotopic (exact) mass is 174 g/mol. The van der Waals surface area contributed by atoms with E-state index in [9.17, 15) is 4.79 Å². The van der Waals surface area contributed by atoms with E-state index in [0.717, 1.165) is 12.0 Å². The van der Waals surface area contributed by atoms with Crippen molar-refractivity contribution in [3.8, 4) is 0 Å². The SMILES string of the molecule is CCCC(=O)/C=C\c1ccccc1. The molecule has 0 radical (unpaired) electrons. The van der Waals surface area contributed by atoms with Crippen LogP contribution in [0.15, 0.2) is 36.4 Å². The van der Waals surface area contributed by atoms with Crippen LogP contribution in [-0.2, 0) is 4.79 Å². The van der Waals surface area contributed by atoms with Gasteiger partial charge in [0, 0.05) is 6.42 Å². The maximum Gasteiger partial charge on any atom is 0.155 e. The van der Waals surface area contributed by atoms with E-state index >= 15 is 0 Å². The van der Waals surface area contributed by atoms with Crippen molar-refractivity contribution in [1.29, 1.82) is 0 Å². The number of benzene rings is 1. The molecule has 0 aliphatic heterocycles. The van der Waals surface area contributed by atoms with Crippen molar-refractivity contribution in [2.45, 2.75) is 19.8 Å². The highest BCUT2D eigenvalue weighted by Gasteiger charge is 1.92. The quantitative estimate of drug-likeness (QED) is 0.641. The molecule has 1 heteroatoms. The minimum atomic E-state index is 0.200. The lowest BCUT2D eigenvalue weighted by atomic mass is 10.1. The van der Waals surface area contributed by atoms with Gasteiger partial charge in [-0.25, -0.2) is 0 Å². The lowest BCUT2D eigenvalue weighted by Gasteiger charge is -1.91. The van der Waals surface area contributed by atoms with Crippen LogP contribution in [0, 0.1) is 0 Å². The van der Waals surface area contributed by atoms with E-state index in [4.69, 9.17) is 0 Å². The second-order valence-corrected chi connectivity index (χ2v) is 2.96. The fourth-order valence-corrected chi connectivity index (χ4v) is 1.08. The normalized spacial score (nSPS) is 10.5. The average molecular weight is 174 g/mol. The summed E-state index contributed by atoms with van der Waals surface area (Å²) in [6.45, 7) is 2.01. The summed E-state index contributed by atoms with van der Waals surface area (Å²) in [5.74, 6) is 0.200. The van der Waals surface area contributed by atoms with Gasteiger partial charge >= 0.3 is 0 Å². The molecule has 0 aliphatic carbocycles. The Morgan fingerprint density at radius 1 is 1.31 bits per heavy atom. The molecule has 0 unspecified atom stereocenters. The Morgan fingerprint density at radius 3 is 2.62 bits per heavy atom. The van der Waals surface area contributed by atoms with E-state index in [-0.39, 0.29) is 5.78 Å². The number of allylic oxidation sites excluding steroid dienone is 1. The third-order valence-corrected chi connectivity index (χ3v) is 1.76. The highest BCUT2D eigenvalue weighted by Crippen LogP contribution is 2.01. The molecule has 1 aromatic rings. The summed E-state index contributed by atoms with van der Waals surface area (Å²) in [4.78, 5) is 11.1. The number of hydrogen-bond acceptors (Lipinski definition) is 1. The molecule has 68 valence electrons. The third kappa shape index (κ3) is 3.70. The predicted octanol–water partition coefficient (Wildman–Crippen LogP) is 3.07. The Morgan fingerprint density at radius 2 is 2.00 bits per heavy atom. The Bertz CT molecular complexity index is 285. The van der Waals surface area contributed by atoms with E-state index in [0.29, 0.717) is 6.42 Å². The minimum absolute atomic E-state index is 0.200. The lowest BCUT2D eigenvalue weighted by Crippen LogP contribution is -1.89. The molecular formula is C12H14O. The van der Waals surface area contributed by atoms with Crippen molar-refractivity contribution in [3.63, 3.8) is 0 Å². The summed E-state index contributed by atoms with van der Waals surface area (Å²) >= 11 is 0. The first-order chi connectivity index (χ1) is 6.33. The van der Waals surface area contributed by atoms with Gasteiger partial charge in [-0.3, -0.25) is 4.79 Å². The van der Waals surface area contributed by atoms with E-state index in [2.05, 4.69) is 0 Å². The molecule has 0 saturated heterocycles. The van der Waals surface area contributed by atoms with Crippen LogP contribution in [-0.4, -0.2) is 5.78 Å².